The van der Waals surface area contributed by atoms with E-state index < -0.39 is 11.7 Å². The van der Waals surface area contributed by atoms with E-state index in [-0.39, 0.29) is 5.91 Å². The van der Waals surface area contributed by atoms with Crippen LogP contribution in [0.4, 0.5) is 16.4 Å². The van der Waals surface area contributed by atoms with Gasteiger partial charge in [0.1, 0.15) is 17.2 Å². The molecule has 1 amide bonds. The zero-order valence-corrected chi connectivity index (χ0v) is 21.0. The van der Waals surface area contributed by atoms with E-state index >= 15 is 0 Å². The molecule has 0 saturated heterocycles. The lowest BCUT2D eigenvalue weighted by Crippen LogP contribution is -2.26. The zero-order valence-electron chi connectivity index (χ0n) is 17.9. The lowest BCUT2D eigenvalue weighted by molar-refractivity contribution is -0.114. The molecule has 0 bridgehead atoms. The van der Waals surface area contributed by atoms with Gasteiger partial charge in [-0.2, -0.15) is 0 Å². The average molecular weight is 566 g/mol. The Morgan fingerprint density at radius 3 is 2.50 bits per heavy atom. The fraction of sp³-hybridized carbons (Fsp3) is 0.238. The van der Waals surface area contributed by atoms with Crippen LogP contribution in [0, 0.1) is 0 Å². The van der Waals surface area contributed by atoms with Gasteiger partial charge in [-0.1, -0.05) is 0 Å². The van der Waals surface area contributed by atoms with Gasteiger partial charge in [-0.25, -0.2) is 19.3 Å². The van der Waals surface area contributed by atoms with Gasteiger partial charge in [-0.05, 0) is 64.8 Å². The molecule has 168 valence electrons. The van der Waals surface area contributed by atoms with Crippen LogP contribution >= 0.6 is 31.9 Å². The maximum absolute atomic E-state index is 12.2. The van der Waals surface area contributed by atoms with Crippen LogP contribution in [-0.2, 0) is 9.53 Å². The Labute approximate surface area is 201 Å². The molecule has 0 aliphatic carbocycles. The number of halogens is 2. The monoisotopic (exact) mass is 564 g/mol. The third-order valence-electron chi connectivity index (χ3n) is 4.07. The summed E-state index contributed by atoms with van der Waals surface area (Å²) in [6.07, 6.45) is 6.25. The second kappa shape index (κ2) is 9.29. The number of anilines is 2. The normalized spacial score (nSPS) is 11.2. The van der Waals surface area contributed by atoms with Crippen molar-refractivity contribution in [3.63, 3.8) is 0 Å². The van der Waals surface area contributed by atoms with Crippen molar-refractivity contribution in [3.8, 4) is 0 Å². The number of aromatic nitrogens is 4. The minimum Gasteiger partial charge on any atom is -0.443 e. The molecule has 4 aromatic heterocycles. The van der Waals surface area contributed by atoms with E-state index in [4.69, 9.17) is 10.5 Å². The SMILES string of the molecule is CC(=O)Nc1cc2c(Br)cn(C(=O)OC(C)(C)C)c2cn1.Nc1cc2c(Br)c[nH]c2cn1. The topological polar surface area (TPSA) is 128 Å². The molecule has 0 aliphatic heterocycles. The number of carbonyl (C=O) groups is 2. The van der Waals surface area contributed by atoms with Crippen LogP contribution in [0.15, 0.2) is 45.9 Å². The molecule has 4 heterocycles. The van der Waals surface area contributed by atoms with Gasteiger partial charge in [-0.3, -0.25) is 4.79 Å². The second-order valence-corrected chi connectivity index (χ2v) is 9.60. The fourth-order valence-electron chi connectivity index (χ4n) is 2.80. The highest BCUT2D eigenvalue weighted by molar-refractivity contribution is 9.11. The van der Waals surface area contributed by atoms with Gasteiger partial charge in [0.25, 0.3) is 0 Å². The van der Waals surface area contributed by atoms with Crippen LogP contribution in [0.3, 0.4) is 0 Å². The van der Waals surface area contributed by atoms with Crippen LogP contribution in [-0.4, -0.2) is 37.1 Å². The molecule has 11 heteroatoms. The van der Waals surface area contributed by atoms with Crippen molar-refractivity contribution in [1.82, 2.24) is 19.5 Å². The predicted molar refractivity (Wildman–Crippen MR) is 132 cm³/mol. The molecule has 9 nitrogen and oxygen atoms in total. The lowest BCUT2D eigenvalue weighted by Gasteiger charge is -2.19. The highest BCUT2D eigenvalue weighted by Gasteiger charge is 2.20. The molecule has 4 aromatic rings. The van der Waals surface area contributed by atoms with Gasteiger partial charge in [0, 0.05) is 39.0 Å². The number of amides is 1. The Hall–Kier alpha value is -2.92. The number of nitrogens with one attached hydrogen (secondary N) is 2. The molecule has 0 unspecified atom stereocenters. The molecule has 0 spiro atoms. The van der Waals surface area contributed by atoms with Crippen molar-refractivity contribution in [2.75, 3.05) is 11.1 Å². The molecule has 4 rings (SSSR count). The van der Waals surface area contributed by atoms with Crippen molar-refractivity contribution < 1.29 is 14.3 Å². The summed E-state index contributed by atoms with van der Waals surface area (Å²) in [5.74, 6) is 0.764. The number of carbonyl (C=O) groups excluding carboxylic acids is 2. The summed E-state index contributed by atoms with van der Waals surface area (Å²) >= 11 is 6.78. The summed E-state index contributed by atoms with van der Waals surface area (Å²) in [7, 11) is 0. The number of nitrogens with zero attached hydrogens (tertiary/aromatic N) is 3. The van der Waals surface area contributed by atoms with Crippen LogP contribution in [0.5, 0.6) is 0 Å². The van der Waals surface area contributed by atoms with Gasteiger partial charge >= 0.3 is 6.09 Å². The Kier molecular flexibility index (Phi) is 6.89. The number of ether oxygens (including phenoxy) is 1. The number of hydrogen-bond acceptors (Lipinski definition) is 6. The Morgan fingerprint density at radius 2 is 1.84 bits per heavy atom. The van der Waals surface area contributed by atoms with E-state index in [1.54, 1.807) is 39.2 Å². The molecule has 0 fully saturated rings. The van der Waals surface area contributed by atoms with E-state index in [9.17, 15) is 9.59 Å². The Bertz CT molecular complexity index is 1310. The minimum absolute atomic E-state index is 0.204. The summed E-state index contributed by atoms with van der Waals surface area (Å²) in [5.41, 5.74) is 6.52. The molecule has 0 aromatic carbocycles. The summed E-state index contributed by atoms with van der Waals surface area (Å²) in [5, 5.41) is 4.44. The molecule has 32 heavy (non-hydrogen) atoms. The number of nitrogens with two attached hydrogens (primary N) is 1. The first-order valence-corrected chi connectivity index (χ1v) is 11.1. The molecular formula is C21H22Br2N6O3. The smallest absolute Gasteiger partial charge is 0.419 e. The molecule has 4 N–H and O–H groups in total. The van der Waals surface area contributed by atoms with Crippen LogP contribution in [0.1, 0.15) is 27.7 Å². The van der Waals surface area contributed by atoms with Crippen molar-refractivity contribution in [2.45, 2.75) is 33.3 Å². The fourth-order valence-corrected chi connectivity index (χ4v) is 3.76. The Morgan fingerprint density at radius 1 is 1.12 bits per heavy atom. The number of fused-ring (bicyclic) bond motifs is 2. The summed E-state index contributed by atoms with van der Waals surface area (Å²) in [6.45, 7) is 6.82. The Balaban J connectivity index is 0.000000219. The quantitative estimate of drug-likeness (QED) is 0.281. The molecule has 0 saturated carbocycles. The standard InChI is InChI=1S/C14H16BrN3O3.C7H6BrN3/c1-8(19)17-12-5-9-10(15)7-18(11(9)6-16-12)13(20)21-14(2,3)4;8-5-2-10-6-3-11-7(9)1-4(5)6/h5-7H,1-4H3,(H,16,17,19);1-3,10H,(H2,9,11). The van der Waals surface area contributed by atoms with Crippen LogP contribution < -0.4 is 11.1 Å². The maximum Gasteiger partial charge on any atom is 0.419 e. The summed E-state index contributed by atoms with van der Waals surface area (Å²) in [6, 6.07) is 3.53. The number of hydrogen-bond donors (Lipinski definition) is 3. The third-order valence-corrected chi connectivity index (χ3v) is 5.36. The first-order valence-electron chi connectivity index (χ1n) is 9.50. The molecule has 0 radical (unpaired) electrons. The highest BCUT2D eigenvalue weighted by Crippen LogP contribution is 2.28. The van der Waals surface area contributed by atoms with Gasteiger partial charge in [0.05, 0.1) is 23.4 Å². The highest BCUT2D eigenvalue weighted by atomic mass is 79.9. The third kappa shape index (κ3) is 5.65. The largest absolute Gasteiger partial charge is 0.443 e. The van der Waals surface area contributed by atoms with Crippen molar-refractivity contribution >= 4 is 77.3 Å². The van der Waals surface area contributed by atoms with E-state index in [1.807, 2.05) is 12.3 Å². The van der Waals surface area contributed by atoms with E-state index in [0.29, 0.717) is 17.2 Å². The van der Waals surface area contributed by atoms with E-state index in [0.717, 1.165) is 25.2 Å². The van der Waals surface area contributed by atoms with Gasteiger partial charge in [0.15, 0.2) is 0 Å². The van der Waals surface area contributed by atoms with E-state index in [1.165, 1.54) is 17.7 Å². The van der Waals surface area contributed by atoms with Gasteiger partial charge in [-0.15, -0.1) is 0 Å². The van der Waals surface area contributed by atoms with Crippen molar-refractivity contribution in [3.05, 3.63) is 45.9 Å². The molecular weight excluding hydrogens is 544 g/mol. The number of nitrogen functional groups attached to an aromatic ring is 1. The summed E-state index contributed by atoms with van der Waals surface area (Å²) < 4.78 is 8.46. The first-order chi connectivity index (χ1) is 14.9. The van der Waals surface area contributed by atoms with Crippen LogP contribution in [0.2, 0.25) is 0 Å². The number of pyridine rings is 2. The maximum atomic E-state index is 12.2. The zero-order chi connectivity index (χ0) is 23.6. The number of aromatic amines is 1. The minimum atomic E-state index is -0.580. The molecule has 0 aliphatic rings. The number of rotatable bonds is 1. The molecule has 0 atom stereocenters. The number of H-pyrrole nitrogens is 1. The van der Waals surface area contributed by atoms with Crippen LogP contribution in [0.25, 0.3) is 21.8 Å². The average Bonchev–Trinajstić information content (AvgIpc) is 3.21. The van der Waals surface area contributed by atoms with Gasteiger partial charge in [0.2, 0.25) is 5.91 Å². The second-order valence-electron chi connectivity index (χ2n) is 7.89. The predicted octanol–water partition coefficient (Wildman–Crippen LogP) is 5.45. The summed E-state index contributed by atoms with van der Waals surface area (Å²) in [4.78, 5) is 34.3. The van der Waals surface area contributed by atoms with Gasteiger partial charge < -0.3 is 20.8 Å². The first kappa shape index (κ1) is 23.7. The van der Waals surface area contributed by atoms with Crippen molar-refractivity contribution in [2.24, 2.45) is 0 Å². The van der Waals surface area contributed by atoms with E-state index in [2.05, 4.69) is 52.1 Å². The van der Waals surface area contributed by atoms with Crippen molar-refractivity contribution in [1.29, 1.82) is 0 Å². The lowest BCUT2D eigenvalue weighted by atomic mass is 10.2.